The van der Waals surface area contributed by atoms with E-state index in [1.807, 2.05) is 34.6 Å². The second-order valence-electron chi connectivity index (χ2n) is 4.04. The van der Waals surface area contributed by atoms with Gasteiger partial charge in [-0.2, -0.15) is 4.91 Å². The number of amides is 1. The fourth-order valence-electron chi connectivity index (χ4n) is 0.951. The maximum absolute atomic E-state index is 11.4. The number of carbonyl (C=O) groups is 1. The molecular weight excluding hydrogens is 192 g/mol. The molecule has 0 saturated carbocycles. The monoisotopic (exact) mass is 216 g/mol. The Morgan fingerprint density at radius 2 is 1.80 bits per heavy atom. The summed E-state index contributed by atoms with van der Waals surface area (Å²) in [5, 5.41) is 2.82. The lowest BCUT2D eigenvalue weighted by atomic mass is 9.89. The molecule has 0 atom stereocenters. The Morgan fingerprint density at radius 1 is 1.33 bits per heavy atom. The third-order valence-corrected chi connectivity index (χ3v) is 2.02. The average molecular weight is 216 g/mol. The molecule has 0 unspecified atom stereocenters. The Morgan fingerprint density at radius 3 is 2.13 bits per heavy atom. The molecule has 4 nitrogen and oxygen atoms in total. The number of hydrogen-bond donors (Lipinski definition) is 0. The van der Waals surface area contributed by atoms with Crippen molar-refractivity contribution >= 4 is 5.91 Å². The zero-order chi connectivity index (χ0) is 12.5. The third-order valence-electron chi connectivity index (χ3n) is 2.02. The van der Waals surface area contributed by atoms with Crippen LogP contribution in [-0.4, -0.2) is 30.9 Å². The summed E-state index contributed by atoms with van der Waals surface area (Å²) in [6.45, 7) is 10.5. The molecule has 0 aromatic heterocycles. The standard InChI is InChI=1S/C9H18N2O2.C2H6/c1-5-11(4)8(12)6-9(2,3)7-10-13;1-2/h5-7H2,1-4H3;1-2H3. The van der Waals surface area contributed by atoms with E-state index in [9.17, 15) is 9.70 Å². The predicted octanol–water partition coefficient (Wildman–Crippen LogP) is 2.67. The van der Waals surface area contributed by atoms with Crippen LogP contribution < -0.4 is 0 Å². The van der Waals surface area contributed by atoms with Gasteiger partial charge in [0, 0.05) is 20.0 Å². The smallest absolute Gasteiger partial charge is 0.222 e. The second kappa shape index (κ2) is 8.38. The highest BCUT2D eigenvalue weighted by atomic mass is 16.3. The van der Waals surface area contributed by atoms with Crippen LogP contribution in [0.4, 0.5) is 0 Å². The van der Waals surface area contributed by atoms with Crippen molar-refractivity contribution in [3.05, 3.63) is 4.91 Å². The highest BCUT2D eigenvalue weighted by Gasteiger charge is 2.23. The summed E-state index contributed by atoms with van der Waals surface area (Å²) in [6, 6.07) is 0. The lowest BCUT2D eigenvalue weighted by Gasteiger charge is -2.23. The first-order valence-corrected chi connectivity index (χ1v) is 5.46. The van der Waals surface area contributed by atoms with Gasteiger partial charge in [-0.25, -0.2) is 0 Å². The molecule has 0 spiro atoms. The van der Waals surface area contributed by atoms with Crippen LogP contribution in [0.5, 0.6) is 0 Å². The van der Waals surface area contributed by atoms with E-state index in [1.165, 1.54) is 0 Å². The first-order chi connectivity index (χ1) is 6.93. The Bertz CT molecular complexity index is 191. The largest absolute Gasteiger partial charge is 0.346 e. The molecule has 15 heavy (non-hydrogen) atoms. The van der Waals surface area contributed by atoms with Crippen molar-refractivity contribution in [1.29, 1.82) is 0 Å². The summed E-state index contributed by atoms with van der Waals surface area (Å²) in [6.07, 6.45) is 0.378. The summed E-state index contributed by atoms with van der Waals surface area (Å²) < 4.78 is 0. The zero-order valence-electron chi connectivity index (χ0n) is 10.8. The van der Waals surface area contributed by atoms with Crippen molar-refractivity contribution in [2.75, 3.05) is 20.1 Å². The van der Waals surface area contributed by atoms with Gasteiger partial charge < -0.3 is 4.90 Å². The van der Waals surface area contributed by atoms with E-state index in [0.29, 0.717) is 13.0 Å². The average Bonchev–Trinajstić information content (AvgIpc) is 2.18. The van der Waals surface area contributed by atoms with Gasteiger partial charge in [0.15, 0.2) is 0 Å². The fourth-order valence-corrected chi connectivity index (χ4v) is 0.951. The van der Waals surface area contributed by atoms with Crippen molar-refractivity contribution in [1.82, 2.24) is 4.90 Å². The summed E-state index contributed by atoms with van der Waals surface area (Å²) in [5.74, 6) is 0.0659. The number of hydrogen-bond acceptors (Lipinski definition) is 3. The number of nitrogens with zero attached hydrogens (tertiary/aromatic N) is 2. The minimum absolute atomic E-state index is 0.0659. The first-order valence-electron chi connectivity index (χ1n) is 5.46. The molecule has 0 rings (SSSR count). The van der Waals surface area contributed by atoms with E-state index >= 15 is 0 Å². The highest BCUT2D eigenvalue weighted by Crippen LogP contribution is 2.21. The van der Waals surface area contributed by atoms with Gasteiger partial charge in [-0.05, 0) is 12.3 Å². The fraction of sp³-hybridized carbons (Fsp3) is 0.909. The maximum Gasteiger partial charge on any atom is 0.222 e. The third kappa shape index (κ3) is 8.09. The van der Waals surface area contributed by atoms with Gasteiger partial charge in [0.25, 0.3) is 0 Å². The van der Waals surface area contributed by atoms with Crippen molar-refractivity contribution in [2.24, 2.45) is 10.6 Å². The molecule has 0 aliphatic rings. The molecule has 0 bridgehead atoms. The van der Waals surface area contributed by atoms with Crippen LogP contribution >= 0.6 is 0 Å². The summed E-state index contributed by atoms with van der Waals surface area (Å²) in [5.41, 5.74) is -0.317. The van der Waals surface area contributed by atoms with Gasteiger partial charge in [0.1, 0.15) is 0 Å². The van der Waals surface area contributed by atoms with Gasteiger partial charge in [0.2, 0.25) is 5.91 Å². The van der Waals surface area contributed by atoms with Gasteiger partial charge in [-0.1, -0.05) is 32.9 Å². The molecule has 0 aromatic rings. The quantitative estimate of drug-likeness (QED) is 0.663. The normalized spacial score (nSPS) is 10.0. The Kier molecular flexibility index (Phi) is 9.22. The van der Waals surface area contributed by atoms with Crippen LogP contribution in [0.1, 0.15) is 41.0 Å². The molecule has 1 amide bonds. The van der Waals surface area contributed by atoms with Crippen molar-refractivity contribution in [3.8, 4) is 0 Å². The zero-order valence-corrected chi connectivity index (χ0v) is 10.8. The molecule has 0 aliphatic heterocycles. The van der Waals surface area contributed by atoms with Crippen LogP contribution in [0.3, 0.4) is 0 Å². The van der Waals surface area contributed by atoms with Crippen molar-refractivity contribution in [3.63, 3.8) is 0 Å². The van der Waals surface area contributed by atoms with Gasteiger partial charge in [-0.3, -0.25) is 4.79 Å². The molecule has 0 saturated heterocycles. The summed E-state index contributed by atoms with van der Waals surface area (Å²) in [4.78, 5) is 23.2. The highest BCUT2D eigenvalue weighted by molar-refractivity contribution is 5.76. The number of nitroso groups, excluding NO2 is 1. The summed E-state index contributed by atoms with van der Waals surface area (Å²) >= 11 is 0. The Balaban J connectivity index is 0. The van der Waals surface area contributed by atoms with Crippen LogP contribution in [0, 0.1) is 10.3 Å². The lowest BCUT2D eigenvalue weighted by molar-refractivity contribution is -0.131. The molecule has 90 valence electrons. The molecular formula is C11H24N2O2. The molecule has 0 radical (unpaired) electrons. The van der Waals surface area contributed by atoms with E-state index < -0.39 is 0 Å². The van der Waals surface area contributed by atoms with E-state index in [-0.39, 0.29) is 17.9 Å². The topological polar surface area (TPSA) is 49.7 Å². The van der Waals surface area contributed by atoms with Gasteiger partial charge in [-0.15, -0.1) is 0 Å². The molecule has 0 fully saturated rings. The van der Waals surface area contributed by atoms with E-state index in [0.717, 1.165) is 0 Å². The molecule has 0 aromatic carbocycles. The Labute approximate surface area is 93.0 Å². The number of rotatable bonds is 5. The van der Waals surface area contributed by atoms with Crippen LogP contribution in [-0.2, 0) is 4.79 Å². The molecule has 0 heterocycles. The maximum atomic E-state index is 11.4. The molecule has 0 N–H and O–H groups in total. The van der Waals surface area contributed by atoms with E-state index in [1.54, 1.807) is 11.9 Å². The number of carbonyl (C=O) groups excluding carboxylic acids is 1. The minimum Gasteiger partial charge on any atom is -0.346 e. The van der Waals surface area contributed by atoms with E-state index in [2.05, 4.69) is 5.18 Å². The lowest BCUT2D eigenvalue weighted by Crippen LogP contribution is -2.31. The Hall–Kier alpha value is -0.930. The minimum atomic E-state index is -0.317. The van der Waals surface area contributed by atoms with E-state index in [4.69, 9.17) is 0 Å². The van der Waals surface area contributed by atoms with Gasteiger partial charge >= 0.3 is 0 Å². The summed E-state index contributed by atoms with van der Waals surface area (Å²) in [7, 11) is 1.76. The van der Waals surface area contributed by atoms with Crippen molar-refractivity contribution < 1.29 is 4.79 Å². The second-order valence-corrected chi connectivity index (χ2v) is 4.04. The van der Waals surface area contributed by atoms with Gasteiger partial charge in [0.05, 0.1) is 6.54 Å². The SMILES string of the molecule is CC.CCN(C)C(=O)CC(C)(C)CN=O. The predicted molar refractivity (Wildman–Crippen MR) is 63.7 cm³/mol. The molecule has 4 heteroatoms. The molecule has 0 aliphatic carbocycles. The van der Waals surface area contributed by atoms with Crippen LogP contribution in [0.25, 0.3) is 0 Å². The van der Waals surface area contributed by atoms with Crippen LogP contribution in [0.2, 0.25) is 0 Å². The van der Waals surface area contributed by atoms with Crippen LogP contribution in [0.15, 0.2) is 5.18 Å². The first kappa shape index (κ1) is 16.5. The van der Waals surface area contributed by atoms with Crippen molar-refractivity contribution in [2.45, 2.75) is 41.0 Å².